The molecule has 0 aliphatic carbocycles. The molecule has 0 saturated heterocycles. The van der Waals surface area contributed by atoms with Gasteiger partial charge in [-0.05, 0) is 41.8 Å². The topological polar surface area (TPSA) is 38.7 Å². The molecule has 0 aliphatic rings. The Hall–Kier alpha value is -2.07. The molecule has 1 N–H and O–H groups in total. The molecule has 0 fully saturated rings. The first-order chi connectivity index (χ1) is 10.2. The van der Waals surface area contributed by atoms with Gasteiger partial charge in [0.05, 0.1) is 20.8 Å². The summed E-state index contributed by atoms with van der Waals surface area (Å²) in [7, 11) is 3.17. The summed E-state index contributed by atoms with van der Waals surface area (Å²) < 4.78 is 23.8. The summed E-state index contributed by atoms with van der Waals surface area (Å²) in [6.45, 7) is -0.0439. The first-order valence-corrected chi connectivity index (χ1v) is 6.75. The van der Waals surface area contributed by atoms with E-state index in [1.165, 1.54) is 12.1 Å². The number of benzene rings is 2. The van der Waals surface area contributed by atoms with Crippen molar-refractivity contribution in [2.45, 2.75) is 12.3 Å². The monoisotopic (exact) mass is 290 g/mol. The van der Waals surface area contributed by atoms with Gasteiger partial charge in [-0.3, -0.25) is 0 Å². The molecule has 0 amide bonds. The van der Waals surface area contributed by atoms with Crippen molar-refractivity contribution in [3.63, 3.8) is 0 Å². The molecule has 0 aromatic heterocycles. The van der Waals surface area contributed by atoms with Crippen LogP contribution in [0.1, 0.15) is 17.0 Å². The van der Waals surface area contributed by atoms with Gasteiger partial charge in [0.1, 0.15) is 5.82 Å². The number of aliphatic hydroxyl groups excluding tert-OH is 1. The van der Waals surface area contributed by atoms with Crippen LogP contribution in [0, 0.1) is 5.82 Å². The molecule has 1 unspecified atom stereocenters. The summed E-state index contributed by atoms with van der Waals surface area (Å²) in [6, 6.07) is 12.0. The minimum absolute atomic E-state index is 0.0439. The van der Waals surface area contributed by atoms with Crippen molar-refractivity contribution in [3.8, 4) is 11.5 Å². The average molecular weight is 290 g/mol. The average Bonchev–Trinajstić information content (AvgIpc) is 2.52. The van der Waals surface area contributed by atoms with Crippen molar-refractivity contribution in [2.75, 3.05) is 20.8 Å². The van der Waals surface area contributed by atoms with E-state index in [2.05, 4.69) is 0 Å². The van der Waals surface area contributed by atoms with E-state index in [1.54, 1.807) is 20.3 Å². The molecule has 0 saturated carbocycles. The van der Waals surface area contributed by atoms with Gasteiger partial charge < -0.3 is 14.6 Å². The number of halogens is 1. The van der Waals surface area contributed by atoms with E-state index < -0.39 is 0 Å². The summed E-state index contributed by atoms with van der Waals surface area (Å²) in [5, 5.41) is 9.58. The third kappa shape index (κ3) is 3.73. The maximum atomic E-state index is 13.3. The van der Waals surface area contributed by atoms with Crippen LogP contribution in [0.15, 0.2) is 42.5 Å². The molecule has 0 spiro atoms. The molecule has 4 heteroatoms. The predicted octanol–water partition coefficient (Wildman–Crippen LogP) is 3.16. The smallest absolute Gasteiger partial charge is 0.160 e. The maximum absolute atomic E-state index is 13.3. The molecule has 0 aliphatic heterocycles. The van der Waals surface area contributed by atoms with Crippen LogP contribution in [0.5, 0.6) is 11.5 Å². The highest BCUT2D eigenvalue weighted by molar-refractivity contribution is 5.43. The van der Waals surface area contributed by atoms with Gasteiger partial charge in [-0.2, -0.15) is 0 Å². The summed E-state index contributed by atoms with van der Waals surface area (Å²) in [4.78, 5) is 0. The van der Waals surface area contributed by atoms with Gasteiger partial charge in [0, 0.05) is 5.92 Å². The van der Waals surface area contributed by atoms with E-state index in [1.807, 2.05) is 24.3 Å². The van der Waals surface area contributed by atoms with E-state index in [0.717, 1.165) is 11.1 Å². The number of ether oxygens (including phenoxy) is 2. The lowest BCUT2D eigenvalue weighted by molar-refractivity contribution is 0.264. The van der Waals surface area contributed by atoms with Gasteiger partial charge in [-0.1, -0.05) is 18.2 Å². The fraction of sp³-hybridized carbons (Fsp3) is 0.294. The summed E-state index contributed by atoms with van der Waals surface area (Å²) in [5.74, 6) is 0.857. The highest BCUT2D eigenvalue weighted by atomic mass is 19.1. The van der Waals surface area contributed by atoms with Crippen LogP contribution in [0.4, 0.5) is 4.39 Å². The van der Waals surface area contributed by atoms with Crippen LogP contribution < -0.4 is 9.47 Å². The quantitative estimate of drug-likeness (QED) is 0.888. The normalized spacial score (nSPS) is 12.0. The van der Waals surface area contributed by atoms with E-state index >= 15 is 0 Å². The van der Waals surface area contributed by atoms with E-state index in [-0.39, 0.29) is 18.3 Å². The zero-order chi connectivity index (χ0) is 15.2. The van der Waals surface area contributed by atoms with Crippen molar-refractivity contribution in [1.29, 1.82) is 0 Å². The Bertz CT molecular complexity index is 598. The zero-order valence-electron chi connectivity index (χ0n) is 12.2. The van der Waals surface area contributed by atoms with Crippen molar-refractivity contribution in [3.05, 3.63) is 59.4 Å². The largest absolute Gasteiger partial charge is 0.493 e. The lowest BCUT2D eigenvalue weighted by atomic mass is 9.92. The molecule has 21 heavy (non-hydrogen) atoms. The lowest BCUT2D eigenvalue weighted by Gasteiger charge is -2.16. The van der Waals surface area contributed by atoms with Crippen molar-refractivity contribution in [1.82, 2.24) is 0 Å². The van der Waals surface area contributed by atoms with Crippen molar-refractivity contribution < 1.29 is 19.0 Å². The SMILES string of the molecule is COc1ccc(CC(CO)c2cccc(F)c2)cc1OC. The number of methoxy groups -OCH3 is 2. The van der Waals surface area contributed by atoms with E-state index in [0.29, 0.717) is 17.9 Å². The third-order valence-electron chi connectivity index (χ3n) is 3.47. The van der Waals surface area contributed by atoms with Gasteiger partial charge in [0.2, 0.25) is 0 Å². The molecule has 112 valence electrons. The molecule has 3 nitrogen and oxygen atoms in total. The first kappa shape index (κ1) is 15.3. The fourth-order valence-electron chi connectivity index (χ4n) is 2.34. The number of aliphatic hydroxyl groups is 1. The Morgan fingerprint density at radius 2 is 1.81 bits per heavy atom. The highest BCUT2D eigenvalue weighted by Gasteiger charge is 2.14. The van der Waals surface area contributed by atoms with Crippen LogP contribution in [-0.4, -0.2) is 25.9 Å². The Labute approximate surface area is 124 Å². The Balaban J connectivity index is 2.22. The summed E-state index contributed by atoms with van der Waals surface area (Å²) in [5.41, 5.74) is 1.78. The Morgan fingerprint density at radius 1 is 1.05 bits per heavy atom. The molecule has 2 aromatic carbocycles. The minimum atomic E-state index is -0.293. The van der Waals surface area contributed by atoms with Crippen molar-refractivity contribution in [2.24, 2.45) is 0 Å². The lowest BCUT2D eigenvalue weighted by Crippen LogP contribution is -2.08. The molecule has 0 bridgehead atoms. The highest BCUT2D eigenvalue weighted by Crippen LogP contribution is 2.30. The van der Waals surface area contributed by atoms with Crippen LogP contribution in [0.3, 0.4) is 0 Å². The van der Waals surface area contributed by atoms with E-state index in [9.17, 15) is 9.50 Å². The summed E-state index contributed by atoms with van der Waals surface area (Å²) >= 11 is 0. The summed E-state index contributed by atoms with van der Waals surface area (Å²) in [6.07, 6.45) is 0.598. The molecule has 2 aromatic rings. The number of hydrogen-bond acceptors (Lipinski definition) is 3. The maximum Gasteiger partial charge on any atom is 0.160 e. The second-order valence-corrected chi connectivity index (χ2v) is 4.83. The number of rotatable bonds is 6. The molecule has 2 rings (SSSR count). The van der Waals surface area contributed by atoms with Crippen LogP contribution >= 0.6 is 0 Å². The Kier molecular flexibility index (Phi) is 5.17. The van der Waals surface area contributed by atoms with Crippen LogP contribution in [0.25, 0.3) is 0 Å². The van der Waals surface area contributed by atoms with Crippen LogP contribution in [0.2, 0.25) is 0 Å². The number of hydrogen-bond donors (Lipinski definition) is 1. The van der Waals surface area contributed by atoms with Crippen LogP contribution in [-0.2, 0) is 6.42 Å². The second-order valence-electron chi connectivity index (χ2n) is 4.83. The van der Waals surface area contributed by atoms with Gasteiger partial charge in [0.25, 0.3) is 0 Å². The first-order valence-electron chi connectivity index (χ1n) is 6.75. The molecule has 1 atom stereocenters. The molecular weight excluding hydrogens is 271 g/mol. The minimum Gasteiger partial charge on any atom is -0.493 e. The molecular formula is C17H19FO3. The molecule has 0 radical (unpaired) electrons. The predicted molar refractivity (Wildman–Crippen MR) is 79.5 cm³/mol. The van der Waals surface area contributed by atoms with Gasteiger partial charge >= 0.3 is 0 Å². The van der Waals surface area contributed by atoms with E-state index in [4.69, 9.17) is 9.47 Å². The van der Waals surface area contributed by atoms with Gasteiger partial charge in [-0.15, -0.1) is 0 Å². The zero-order valence-corrected chi connectivity index (χ0v) is 12.2. The second kappa shape index (κ2) is 7.09. The third-order valence-corrected chi connectivity index (χ3v) is 3.47. The van der Waals surface area contributed by atoms with Gasteiger partial charge in [0.15, 0.2) is 11.5 Å². The Morgan fingerprint density at radius 3 is 2.43 bits per heavy atom. The fourth-order valence-corrected chi connectivity index (χ4v) is 2.34. The standard InChI is InChI=1S/C17H19FO3/c1-20-16-7-6-12(9-17(16)21-2)8-14(11-19)13-4-3-5-15(18)10-13/h3-7,9-10,14,19H,8,11H2,1-2H3. The molecule has 0 heterocycles. The van der Waals surface area contributed by atoms with Crippen molar-refractivity contribution >= 4 is 0 Å². The van der Waals surface area contributed by atoms with Gasteiger partial charge in [-0.25, -0.2) is 4.39 Å².